The average Bonchev–Trinajstić information content (AvgIpc) is 2.34. The van der Waals surface area contributed by atoms with Crippen LogP contribution in [0.2, 0.25) is 0 Å². The van der Waals surface area contributed by atoms with E-state index < -0.39 is 0 Å². The highest BCUT2D eigenvalue weighted by atomic mass is 19.1. The van der Waals surface area contributed by atoms with E-state index in [1.165, 1.54) is 18.2 Å². The van der Waals surface area contributed by atoms with Crippen LogP contribution in [0.1, 0.15) is 18.1 Å². The molecule has 0 amide bonds. The Hall–Kier alpha value is -1.90. The average molecular weight is 261 g/mol. The van der Waals surface area contributed by atoms with Gasteiger partial charge in [0, 0.05) is 6.04 Å². The number of rotatable bonds is 4. The Balaban J connectivity index is 2.07. The van der Waals surface area contributed by atoms with Crippen LogP contribution >= 0.6 is 0 Å². The topological polar surface area (TPSA) is 12.0 Å². The Kier molecular flexibility index (Phi) is 4.15. The fourth-order valence-electron chi connectivity index (χ4n) is 2.13. The summed E-state index contributed by atoms with van der Waals surface area (Å²) in [5.41, 5.74) is 2.28. The lowest BCUT2D eigenvalue weighted by Gasteiger charge is -2.17. The largest absolute Gasteiger partial charge is 0.380 e. The van der Waals surface area contributed by atoms with Crippen molar-refractivity contribution in [1.29, 1.82) is 0 Å². The van der Waals surface area contributed by atoms with Gasteiger partial charge in [-0.3, -0.25) is 0 Å². The molecule has 0 spiro atoms. The van der Waals surface area contributed by atoms with Gasteiger partial charge in [-0.25, -0.2) is 8.78 Å². The van der Waals surface area contributed by atoms with Gasteiger partial charge in [-0.15, -0.1) is 0 Å². The van der Waals surface area contributed by atoms with Gasteiger partial charge in [0.25, 0.3) is 0 Å². The molecule has 1 nitrogen and oxygen atoms in total. The summed E-state index contributed by atoms with van der Waals surface area (Å²) in [7, 11) is 0. The van der Waals surface area contributed by atoms with Crippen molar-refractivity contribution in [2.24, 2.45) is 0 Å². The number of halogens is 2. The van der Waals surface area contributed by atoms with Crippen molar-refractivity contribution in [2.75, 3.05) is 5.32 Å². The molecule has 0 heterocycles. The van der Waals surface area contributed by atoms with E-state index in [9.17, 15) is 8.78 Å². The van der Waals surface area contributed by atoms with Gasteiger partial charge >= 0.3 is 0 Å². The van der Waals surface area contributed by atoms with Crippen molar-refractivity contribution in [3.8, 4) is 0 Å². The molecule has 0 aliphatic carbocycles. The summed E-state index contributed by atoms with van der Waals surface area (Å²) in [4.78, 5) is 0. The van der Waals surface area contributed by atoms with Gasteiger partial charge in [0.15, 0.2) is 0 Å². The SMILES string of the molecule is Cc1cccc(F)c1NC(C)Cc1cccc(F)c1. The summed E-state index contributed by atoms with van der Waals surface area (Å²) in [6, 6.07) is 11.5. The lowest BCUT2D eigenvalue weighted by molar-refractivity contribution is 0.619. The summed E-state index contributed by atoms with van der Waals surface area (Å²) in [6.45, 7) is 3.82. The number of para-hydroxylation sites is 1. The van der Waals surface area contributed by atoms with Crippen molar-refractivity contribution >= 4 is 5.69 Å². The van der Waals surface area contributed by atoms with Gasteiger partial charge in [-0.1, -0.05) is 24.3 Å². The van der Waals surface area contributed by atoms with Gasteiger partial charge in [0.1, 0.15) is 11.6 Å². The van der Waals surface area contributed by atoms with Crippen LogP contribution in [0.3, 0.4) is 0 Å². The predicted molar refractivity (Wildman–Crippen MR) is 74.3 cm³/mol. The molecule has 1 atom stereocenters. The molecule has 2 aromatic carbocycles. The molecule has 0 bridgehead atoms. The molecule has 0 fully saturated rings. The first-order valence-electron chi connectivity index (χ1n) is 6.32. The summed E-state index contributed by atoms with van der Waals surface area (Å²) in [5.74, 6) is -0.502. The number of hydrogen-bond donors (Lipinski definition) is 1. The molecule has 0 saturated heterocycles. The van der Waals surface area contributed by atoms with Crippen LogP contribution < -0.4 is 5.32 Å². The Morgan fingerprint density at radius 3 is 2.53 bits per heavy atom. The fraction of sp³-hybridized carbons (Fsp3) is 0.250. The molecular weight excluding hydrogens is 244 g/mol. The van der Waals surface area contributed by atoms with Crippen LogP contribution in [0.4, 0.5) is 14.5 Å². The molecule has 0 saturated carbocycles. The molecular formula is C16H17F2N. The van der Waals surface area contributed by atoms with E-state index >= 15 is 0 Å². The highest BCUT2D eigenvalue weighted by Gasteiger charge is 2.09. The van der Waals surface area contributed by atoms with Crippen molar-refractivity contribution in [3.05, 3.63) is 65.2 Å². The molecule has 0 radical (unpaired) electrons. The highest BCUT2D eigenvalue weighted by Crippen LogP contribution is 2.20. The predicted octanol–water partition coefficient (Wildman–Crippen LogP) is 4.32. The van der Waals surface area contributed by atoms with E-state index in [1.807, 2.05) is 26.0 Å². The maximum Gasteiger partial charge on any atom is 0.146 e. The third-order valence-corrected chi connectivity index (χ3v) is 3.04. The summed E-state index contributed by atoms with van der Waals surface area (Å²) in [6.07, 6.45) is 0.644. The number of aryl methyl sites for hydroxylation is 1. The number of anilines is 1. The minimum atomic E-state index is -0.258. The molecule has 100 valence electrons. The minimum absolute atomic E-state index is 0.0254. The van der Waals surface area contributed by atoms with Crippen LogP contribution in [0.15, 0.2) is 42.5 Å². The second-order valence-electron chi connectivity index (χ2n) is 4.81. The second-order valence-corrected chi connectivity index (χ2v) is 4.81. The first kappa shape index (κ1) is 13.5. The first-order chi connectivity index (χ1) is 9.06. The van der Waals surface area contributed by atoms with E-state index in [0.717, 1.165) is 11.1 Å². The van der Waals surface area contributed by atoms with Gasteiger partial charge in [-0.05, 0) is 49.6 Å². The van der Waals surface area contributed by atoms with Gasteiger partial charge in [0.05, 0.1) is 5.69 Å². The minimum Gasteiger partial charge on any atom is -0.380 e. The third kappa shape index (κ3) is 3.53. The Morgan fingerprint density at radius 2 is 1.84 bits per heavy atom. The Labute approximate surface area is 112 Å². The van der Waals surface area contributed by atoms with Crippen molar-refractivity contribution in [3.63, 3.8) is 0 Å². The molecule has 2 rings (SSSR count). The van der Waals surface area contributed by atoms with E-state index in [4.69, 9.17) is 0 Å². The highest BCUT2D eigenvalue weighted by molar-refractivity contribution is 5.52. The van der Waals surface area contributed by atoms with Crippen molar-refractivity contribution in [2.45, 2.75) is 26.3 Å². The number of benzene rings is 2. The maximum absolute atomic E-state index is 13.7. The monoisotopic (exact) mass is 261 g/mol. The van der Waals surface area contributed by atoms with E-state index in [1.54, 1.807) is 12.1 Å². The van der Waals surface area contributed by atoms with Crippen molar-refractivity contribution < 1.29 is 8.78 Å². The zero-order valence-electron chi connectivity index (χ0n) is 11.1. The van der Waals surface area contributed by atoms with E-state index in [0.29, 0.717) is 12.1 Å². The first-order valence-corrected chi connectivity index (χ1v) is 6.32. The maximum atomic E-state index is 13.7. The molecule has 0 aliphatic rings. The zero-order chi connectivity index (χ0) is 13.8. The molecule has 0 aromatic heterocycles. The van der Waals surface area contributed by atoms with E-state index in [-0.39, 0.29) is 17.7 Å². The normalized spacial score (nSPS) is 12.2. The second kappa shape index (κ2) is 5.83. The molecule has 0 aliphatic heterocycles. The summed E-state index contributed by atoms with van der Waals surface area (Å²) in [5, 5.41) is 3.15. The van der Waals surface area contributed by atoms with Gasteiger partial charge in [-0.2, -0.15) is 0 Å². The smallest absolute Gasteiger partial charge is 0.146 e. The molecule has 19 heavy (non-hydrogen) atoms. The van der Waals surface area contributed by atoms with E-state index in [2.05, 4.69) is 5.32 Å². The lowest BCUT2D eigenvalue weighted by atomic mass is 10.1. The standard InChI is InChI=1S/C16H17F2N/c1-11-5-3-8-15(18)16(11)19-12(2)9-13-6-4-7-14(17)10-13/h3-8,10,12,19H,9H2,1-2H3. The Morgan fingerprint density at radius 1 is 1.11 bits per heavy atom. The van der Waals surface area contributed by atoms with Crippen molar-refractivity contribution in [1.82, 2.24) is 0 Å². The summed E-state index contributed by atoms with van der Waals surface area (Å²) < 4.78 is 26.8. The quantitative estimate of drug-likeness (QED) is 0.864. The van der Waals surface area contributed by atoms with Gasteiger partial charge < -0.3 is 5.32 Å². The molecule has 1 N–H and O–H groups in total. The molecule has 1 unspecified atom stereocenters. The van der Waals surface area contributed by atoms with Crippen LogP contribution in [-0.4, -0.2) is 6.04 Å². The van der Waals surface area contributed by atoms with Crippen LogP contribution in [0, 0.1) is 18.6 Å². The molecule has 3 heteroatoms. The third-order valence-electron chi connectivity index (χ3n) is 3.04. The van der Waals surface area contributed by atoms with Crippen LogP contribution in [0.5, 0.6) is 0 Å². The number of hydrogen-bond acceptors (Lipinski definition) is 1. The van der Waals surface area contributed by atoms with Gasteiger partial charge in [0.2, 0.25) is 0 Å². The van der Waals surface area contributed by atoms with Crippen LogP contribution in [0.25, 0.3) is 0 Å². The lowest BCUT2D eigenvalue weighted by Crippen LogP contribution is -2.19. The summed E-state index contributed by atoms with van der Waals surface area (Å²) >= 11 is 0. The molecule has 2 aromatic rings. The fourth-order valence-corrected chi connectivity index (χ4v) is 2.13. The number of nitrogens with one attached hydrogen (secondary N) is 1. The van der Waals surface area contributed by atoms with Crippen LogP contribution in [-0.2, 0) is 6.42 Å². The zero-order valence-corrected chi connectivity index (χ0v) is 11.1. The Bertz CT molecular complexity index is 546.